The van der Waals surface area contributed by atoms with Gasteiger partial charge in [0.15, 0.2) is 0 Å². The Kier molecular flexibility index (Phi) is 6.55. The zero-order chi connectivity index (χ0) is 24.5. The lowest BCUT2D eigenvalue weighted by Gasteiger charge is -2.35. The summed E-state index contributed by atoms with van der Waals surface area (Å²) < 4.78 is 6.08. The third-order valence-corrected chi connectivity index (χ3v) is 7.10. The molecule has 0 aliphatic carbocycles. The monoisotopic (exact) mass is 478 g/mol. The average Bonchev–Trinajstić information content (AvgIpc) is 3.20. The average molecular weight is 479 g/mol. The third kappa shape index (κ3) is 4.80. The number of ether oxygens (including phenoxy) is 1. The van der Waals surface area contributed by atoms with Gasteiger partial charge in [0.05, 0.1) is 6.54 Å². The standard InChI is InChI=1S/C26H30N4O5/c1-28-11-13-29(14-12-28)25(33)18-7-5-17(6-8-18)16-35-22-4-2-3-19-20(22)15-30(26(19)34)21-9-10-23(31)27-24(21)32/h2-8,21,25,33H,9-16H2,1H3,(H,27,31,32). The number of nitrogens with zero attached hydrogens (tertiary/aromatic N) is 3. The van der Waals surface area contributed by atoms with Gasteiger partial charge in [0.2, 0.25) is 11.8 Å². The highest BCUT2D eigenvalue weighted by Gasteiger charge is 2.40. The van der Waals surface area contributed by atoms with E-state index >= 15 is 0 Å². The van der Waals surface area contributed by atoms with Crippen LogP contribution in [0.3, 0.4) is 0 Å². The molecular weight excluding hydrogens is 448 g/mol. The quantitative estimate of drug-likeness (QED) is 0.603. The first-order valence-corrected chi connectivity index (χ1v) is 12.0. The maximum absolute atomic E-state index is 13.0. The SMILES string of the molecule is CN1CCN(C(O)c2ccc(COc3cccc4c3CN(C3CCC(=O)NC3=O)C4=O)cc2)CC1. The van der Waals surface area contributed by atoms with E-state index < -0.39 is 18.2 Å². The van der Waals surface area contributed by atoms with Gasteiger partial charge in [-0.05, 0) is 36.7 Å². The molecule has 35 heavy (non-hydrogen) atoms. The van der Waals surface area contributed by atoms with Crippen molar-refractivity contribution in [3.05, 3.63) is 64.7 Å². The predicted molar refractivity (Wildman–Crippen MR) is 127 cm³/mol. The van der Waals surface area contributed by atoms with Crippen LogP contribution in [0.25, 0.3) is 0 Å². The van der Waals surface area contributed by atoms with Gasteiger partial charge in [0.1, 0.15) is 24.6 Å². The van der Waals surface area contributed by atoms with E-state index in [1.807, 2.05) is 30.3 Å². The van der Waals surface area contributed by atoms with E-state index in [2.05, 4.69) is 22.2 Å². The van der Waals surface area contributed by atoms with E-state index in [1.54, 1.807) is 12.1 Å². The van der Waals surface area contributed by atoms with Gasteiger partial charge >= 0.3 is 0 Å². The van der Waals surface area contributed by atoms with Gasteiger partial charge in [-0.25, -0.2) is 0 Å². The predicted octanol–water partition coefficient (Wildman–Crippen LogP) is 1.26. The summed E-state index contributed by atoms with van der Waals surface area (Å²) in [7, 11) is 2.09. The number of carbonyl (C=O) groups excluding carboxylic acids is 3. The molecule has 2 aromatic carbocycles. The number of rotatable bonds is 6. The molecule has 3 aliphatic rings. The molecule has 3 aliphatic heterocycles. The largest absolute Gasteiger partial charge is 0.489 e. The number of aliphatic hydroxyl groups is 1. The lowest BCUT2D eigenvalue weighted by molar-refractivity contribution is -0.136. The van der Waals surface area contributed by atoms with Crippen LogP contribution in [0.1, 0.15) is 46.1 Å². The van der Waals surface area contributed by atoms with Crippen LogP contribution in [0.15, 0.2) is 42.5 Å². The molecule has 0 radical (unpaired) electrons. The highest BCUT2D eigenvalue weighted by atomic mass is 16.5. The molecule has 2 unspecified atom stereocenters. The number of fused-ring (bicyclic) bond motifs is 1. The van der Waals surface area contributed by atoms with Crippen molar-refractivity contribution >= 4 is 17.7 Å². The van der Waals surface area contributed by atoms with E-state index in [1.165, 1.54) is 4.90 Å². The van der Waals surface area contributed by atoms with Crippen LogP contribution in [0, 0.1) is 0 Å². The highest BCUT2D eigenvalue weighted by molar-refractivity contribution is 6.05. The zero-order valence-corrected chi connectivity index (χ0v) is 19.8. The Hall–Kier alpha value is -3.27. The Morgan fingerprint density at radius 3 is 2.51 bits per heavy atom. The van der Waals surface area contributed by atoms with Gasteiger partial charge < -0.3 is 19.6 Å². The summed E-state index contributed by atoms with van der Waals surface area (Å²) in [6, 6.07) is 12.4. The molecule has 0 aromatic heterocycles. The van der Waals surface area contributed by atoms with E-state index in [-0.39, 0.29) is 24.8 Å². The minimum Gasteiger partial charge on any atom is -0.489 e. The fraction of sp³-hybridized carbons (Fsp3) is 0.423. The summed E-state index contributed by atoms with van der Waals surface area (Å²) in [6.07, 6.45) is -0.0768. The molecule has 2 fully saturated rings. The first-order valence-electron chi connectivity index (χ1n) is 12.0. The summed E-state index contributed by atoms with van der Waals surface area (Å²) in [5.41, 5.74) is 3.08. The topological polar surface area (TPSA) is 102 Å². The minimum absolute atomic E-state index is 0.220. The minimum atomic E-state index is -0.653. The molecule has 0 spiro atoms. The number of nitrogens with one attached hydrogen (secondary N) is 1. The number of carbonyl (C=O) groups is 3. The number of aliphatic hydroxyl groups excluding tert-OH is 1. The van der Waals surface area contributed by atoms with Crippen molar-refractivity contribution in [1.29, 1.82) is 0 Å². The molecule has 9 nitrogen and oxygen atoms in total. The van der Waals surface area contributed by atoms with Crippen molar-refractivity contribution in [3.8, 4) is 5.75 Å². The van der Waals surface area contributed by atoms with E-state index in [0.717, 1.165) is 42.9 Å². The Labute approximate surface area is 204 Å². The smallest absolute Gasteiger partial charge is 0.255 e. The second kappa shape index (κ2) is 9.77. The zero-order valence-electron chi connectivity index (χ0n) is 19.8. The molecule has 2 aromatic rings. The summed E-state index contributed by atoms with van der Waals surface area (Å²) in [4.78, 5) is 42.6. The van der Waals surface area contributed by atoms with Gasteiger partial charge in [-0.1, -0.05) is 30.3 Å². The molecule has 3 heterocycles. The molecule has 2 saturated heterocycles. The number of imide groups is 1. The van der Waals surface area contributed by atoms with E-state index in [9.17, 15) is 19.5 Å². The summed E-state index contributed by atoms with van der Waals surface area (Å²) in [5.74, 6) is -0.348. The summed E-state index contributed by atoms with van der Waals surface area (Å²) >= 11 is 0. The van der Waals surface area contributed by atoms with E-state index in [0.29, 0.717) is 24.3 Å². The number of hydrogen-bond acceptors (Lipinski definition) is 7. The molecule has 0 bridgehead atoms. The maximum atomic E-state index is 13.0. The van der Waals surface area contributed by atoms with Crippen LogP contribution in [-0.4, -0.2) is 76.8 Å². The number of benzene rings is 2. The molecular formula is C26H30N4O5. The Balaban J connectivity index is 1.23. The van der Waals surface area contributed by atoms with Crippen LogP contribution in [0.5, 0.6) is 5.75 Å². The van der Waals surface area contributed by atoms with Crippen LogP contribution in [0.2, 0.25) is 0 Å². The maximum Gasteiger partial charge on any atom is 0.255 e. The fourth-order valence-electron chi connectivity index (χ4n) is 4.92. The van der Waals surface area contributed by atoms with Gasteiger partial charge in [-0.3, -0.25) is 24.6 Å². The van der Waals surface area contributed by atoms with Crippen LogP contribution < -0.4 is 10.1 Å². The first kappa shape index (κ1) is 23.5. The van der Waals surface area contributed by atoms with E-state index in [4.69, 9.17) is 4.74 Å². The number of hydrogen-bond donors (Lipinski definition) is 2. The lowest BCUT2D eigenvalue weighted by Crippen LogP contribution is -2.52. The van der Waals surface area contributed by atoms with Crippen molar-refractivity contribution in [2.24, 2.45) is 0 Å². The Morgan fingerprint density at radius 2 is 1.80 bits per heavy atom. The molecule has 2 N–H and O–H groups in total. The fourth-order valence-corrected chi connectivity index (χ4v) is 4.92. The van der Waals surface area contributed by atoms with Gasteiger partial charge in [-0.15, -0.1) is 0 Å². The van der Waals surface area contributed by atoms with Crippen molar-refractivity contribution in [2.45, 2.75) is 38.3 Å². The van der Waals surface area contributed by atoms with Gasteiger partial charge in [0.25, 0.3) is 5.91 Å². The molecule has 0 saturated carbocycles. The first-order chi connectivity index (χ1) is 16.9. The van der Waals surface area contributed by atoms with Crippen LogP contribution in [0.4, 0.5) is 0 Å². The third-order valence-electron chi connectivity index (χ3n) is 7.10. The second-order valence-corrected chi connectivity index (χ2v) is 9.43. The molecule has 5 rings (SSSR count). The van der Waals surface area contributed by atoms with Crippen molar-refractivity contribution in [3.63, 3.8) is 0 Å². The number of piperazine rings is 1. The summed E-state index contributed by atoms with van der Waals surface area (Å²) in [6.45, 7) is 4.12. The highest BCUT2D eigenvalue weighted by Crippen LogP contribution is 2.34. The number of amides is 3. The van der Waals surface area contributed by atoms with Gasteiger partial charge in [-0.2, -0.15) is 0 Å². The van der Waals surface area contributed by atoms with Crippen molar-refractivity contribution < 1.29 is 24.2 Å². The molecule has 9 heteroatoms. The lowest BCUT2D eigenvalue weighted by atomic mass is 10.0. The Morgan fingerprint density at radius 1 is 1.06 bits per heavy atom. The Bertz CT molecular complexity index is 1130. The van der Waals surface area contributed by atoms with Gasteiger partial charge in [0, 0.05) is 43.7 Å². The van der Waals surface area contributed by atoms with Crippen LogP contribution >= 0.6 is 0 Å². The number of piperidine rings is 1. The second-order valence-electron chi connectivity index (χ2n) is 9.43. The van der Waals surface area contributed by atoms with Crippen LogP contribution in [-0.2, 0) is 22.7 Å². The molecule has 3 amide bonds. The van der Waals surface area contributed by atoms with Crippen molar-refractivity contribution in [2.75, 3.05) is 33.2 Å². The molecule has 184 valence electrons. The normalized spacial score (nSPS) is 22.2. The summed E-state index contributed by atoms with van der Waals surface area (Å²) in [5, 5.41) is 13.0. The number of likely N-dealkylation sites (N-methyl/N-ethyl adjacent to an activating group) is 1. The molecule has 2 atom stereocenters. The van der Waals surface area contributed by atoms with Crippen molar-refractivity contribution in [1.82, 2.24) is 20.0 Å².